The number of ketones is 1. The summed E-state index contributed by atoms with van der Waals surface area (Å²) in [6, 6.07) is 3.37. The van der Waals surface area contributed by atoms with Crippen LogP contribution in [0, 0.1) is 11.6 Å². The molecule has 102 valence electrons. The maximum Gasteiger partial charge on any atom is 0.163 e. The third kappa shape index (κ3) is 3.98. The van der Waals surface area contributed by atoms with Gasteiger partial charge >= 0.3 is 0 Å². The minimum absolute atomic E-state index is 0.0257. The van der Waals surface area contributed by atoms with E-state index >= 15 is 0 Å². The summed E-state index contributed by atoms with van der Waals surface area (Å²) in [6.07, 6.45) is 8.21. The van der Waals surface area contributed by atoms with Gasteiger partial charge in [0.15, 0.2) is 5.78 Å². The minimum Gasteiger partial charge on any atom is -0.294 e. The van der Waals surface area contributed by atoms with Gasteiger partial charge in [-0.3, -0.25) is 4.79 Å². The second kappa shape index (κ2) is 6.60. The second-order valence-electron chi connectivity index (χ2n) is 5.02. The van der Waals surface area contributed by atoms with Crippen molar-refractivity contribution in [3.8, 4) is 0 Å². The van der Waals surface area contributed by atoms with Crippen molar-refractivity contribution in [1.29, 1.82) is 0 Å². The first-order chi connectivity index (χ1) is 9.16. The van der Waals surface area contributed by atoms with Crippen molar-refractivity contribution in [1.82, 2.24) is 0 Å². The molecule has 0 N–H and O–H groups in total. The van der Waals surface area contributed by atoms with Gasteiger partial charge in [0.25, 0.3) is 0 Å². The maximum atomic E-state index is 13.5. The summed E-state index contributed by atoms with van der Waals surface area (Å²) >= 11 is 0. The van der Waals surface area contributed by atoms with E-state index in [4.69, 9.17) is 0 Å². The second-order valence-corrected chi connectivity index (χ2v) is 5.02. The van der Waals surface area contributed by atoms with Crippen LogP contribution >= 0.6 is 0 Å². The Morgan fingerprint density at radius 2 is 1.89 bits per heavy atom. The predicted molar refractivity (Wildman–Crippen MR) is 70.9 cm³/mol. The first-order valence-electron chi connectivity index (χ1n) is 6.83. The number of hydrogen-bond acceptors (Lipinski definition) is 1. The van der Waals surface area contributed by atoms with E-state index in [9.17, 15) is 13.6 Å². The molecule has 0 amide bonds. The Morgan fingerprint density at radius 1 is 1.11 bits per heavy atom. The lowest BCUT2D eigenvalue weighted by Crippen LogP contribution is -2.09. The van der Waals surface area contributed by atoms with Gasteiger partial charge in [0, 0.05) is 12.5 Å². The van der Waals surface area contributed by atoms with Crippen molar-refractivity contribution in [3.63, 3.8) is 0 Å². The Kier molecular flexibility index (Phi) is 4.83. The molecule has 0 atom stereocenters. The summed E-state index contributed by atoms with van der Waals surface area (Å²) in [6.45, 7) is 0. The zero-order chi connectivity index (χ0) is 13.7. The van der Waals surface area contributed by atoms with Gasteiger partial charge < -0.3 is 0 Å². The topological polar surface area (TPSA) is 17.1 Å². The van der Waals surface area contributed by atoms with Crippen LogP contribution in [0.2, 0.25) is 0 Å². The number of benzene rings is 1. The smallest absolute Gasteiger partial charge is 0.163 e. The van der Waals surface area contributed by atoms with E-state index in [1.807, 2.05) is 6.08 Å². The van der Waals surface area contributed by atoms with Gasteiger partial charge in [-0.1, -0.05) is 25.0 Å². The molecule has 0 fully saturated rings. The van der Waals surface area contributed by atoms with Crippen LogP contribution in [0.4, 0.5) is 8.78 Å². The fraction of sp³-hybridized carbons (Fsp3) is 0.438. The van der Waals surface area contributed by atoms with E-state index in [0.717, 1.165) is 43.7 Å². The highest BCUT2D eigenvalue weighted by Crippen LogP contribution is 2.20. The number of carbonyl (C=O) groups excluding carboxylic acids is 1. The van der Waals surface area contributed by atoms with Crippen LogP contribution in [-0.2, 0) is 11.2 Å². The molecule has 0 unspecified atom stereocenters. The Balaban J connectivity index is 2.07. The zero-order valence-corrected chi connectivity index (χ0v) is 10.9. The highest BCUT2D eigenvalue weighted by molar-refractivity contribution is 5.96. The van der Waals surface area contributed by atoms with Crippen molar-refractivity contribution in [2.45, 2.75) is 44.9 Å². The van der Waals surface area contributed by atoms with Gasteiger partial charge in [-0.05, 0) is 42.9 Å². The summed E-state index contributed by atoms with van der Waals surface area (Å²) in [5.41, 5.74) is 1.08. The van der Waals surface area contributed by atoms with Gasteiger partial charge in [0.2, 0.25) is 0 Å². The molecule has 1 aromatic rings. The van der Waals surface area contributed by atoms with Gasteiger partial charge in [0.1, 0.15) is 11.6 Å². The fourth-order valence-corrected chi connectivity index (χ4v) is 2.40. The normalized spacial score (nSPS) is 19.2. The standard InChI is InChI=1S/C16H18F2O/c17-14-9-8-13(15(18)11-14)10-16(19)12-6-4-2-1-3-5-7-12/h6,8-9,11H,1-5,7,10H2/b12-6+. The van der Waals surface area contributed by atoms with Crippen LogP contribution in [0.5, 0.6) is 0 Å². The van der Waals surface area contributed by atoms with E-state index < -0.39 is 11.6 Å². The molecule has 0 heterocycles. The molecule has 0 spiro atoms. The lowest BCUT2D eigenvalue weighted by atomic mass is 9.94. The highest BCUT2D eigenvalue weighted by Gasteiger charge is 2.14. The SMILES string of the molecule is O=C(Cc1ccc(F)cc1F)/C1=C/CCCCCC1. The fourth-order valence-electron chi connectivity index (χ4n) is 2.40. The third-order valence-corrected chi connectivity index (χ3v) is 3.52. The van der Waals surface area contributed by atoms with Crippen LogP contribution in [0.15, 0.2) is 29.8 Å². The van der Waals surface area contributed by atoms with E-state index in [1.165, 1.54) is 18.6 Å². The summed E-state index contributed by atoms with van der Waals surface area (Å²) in [4.78, 5) is 12.1. The van der Waals surface area contributed by atoms with E-state index in [1.54, 1.807) is 0 Å². The van der Waals surface area contributed by atoms with Gasteiger partial charge in [0.05, 0.1) is 0 Å². The van der Waals surface area contributed by atoms with Crippen molar-refractivity contribution in [2.75, 3.05) is 0 Å². The number of rotatable bonds is 3. The molecule has 1 aliphatic rings. The molecule has 0 saturated heterocycles. The minimum atomic E-state index is -0.639. The molecular weight excluding hydrogens is 246 g/mol. The van der Waals surface area contributed by atoms with E-state index in [-0.39, 0.29) is 17.8 Å². The number of hydrogen-bond donors (Lipinski definition) is 0. The molecule has 1 nitrogen and oxygen atoms in total. The molecule has 0 radical (unpaired) electrons. The third-order valence-electron chi connectivity index (χ3n) is 3.52. The van der Waals surface area contributed by atoms with Crippen molar-refractivity contribution >= 4 is 5.78 Å². The molecule has 2 rings (SSSR count). The quantitative estimate of drug-likeness (QED) is 0.793. The van der Waals surface area contributed by atoms with E-state index in [2.05, 4.69) is 0 Å². The summed E-state index contributed by atoms with van der Waals surface area (Å²) in [5, 5.41) is 0. The van der Waals surface area contributed by atoms with Crippen LogP contribution < -0.4 is 0 Å². The van der Waals surface area contributed by atoms with Crippen LogP contribution in [0.3, 0.4) is 0 Å². The summed E-state index contributed by atoms with van der Waals surface area (Å²) in [5.74, 6) is -1.29. The summed E-state index contributed by atoms with van der Waals surface area (Å²) in [7, 11) is 0. The molecule has 3 heteroatoms. The first kappa shape index (κ1) is 13.9. The zero-order valence-electron chi connectivity index (χ0n) is 10.9. The largest absolute Gasteiger partial charge is 0.294 e. The molecular formula is C16H18F2O. The van der Waals surface area contributed by atoms with Crippen molar-refractivity contribution in [2.24, 2.45) is 0 Å². The monoisotopic (exact) mass is 264 g/mol. The van der Waals surface area contributed by atoms with Gasteiger partial charge in [-0.15, -0.1) is 0 Å². The number of allylic oxidation sites excluding steroid dienone is 2. The number of Topliss-reactive ketones (excluding diaryl/α,β-unsaturated/α-hetero) is 1. The molecule has 0 aromatic heterocycles. The Morgan fingerprint density at radius 3 is 2.68 bits per heavy atom. The molecule has 0 saturated carbocycles. The van der Waals surface area contributed by atoms with Crippen molar-refractivity contribution < 1.29 is 13.6 Å². The molecule has 0 bridgehead atoms. The van der Waals surface area contributed by atoms with Crippen LogP contribution in [0.25, 0.3) is 0 Å². The van der Waals surface area contributed by atoms with Gasteiger partial charge in [-0.2, -0.15) is 0 Å². The average Bonchev–Trinajstić information content (AvgIpc) is 2.32. The lowest BCUT2D eigenvalue weighted by Gasteiger charge is -2.11. The Labute approximate surface area is 112 Å². The first-order valence-corrected chi connectivity index (χ1v) is 6.83. The van der Waals surface area contributed by atoms with Gasteiger partial charge in [-0.25, -0.2) is 8.78 Å². The average molecular weight is 264 g/mol. The maximum absolute atomic E-state index is 13.5. The molecule has 0 aliphatic heterocycles. The number of halogens is 2. The molecule has 1 aliphatic carbocycles. The van der Waals surface area contributed by atoms with Crippen LogP contribution in [0.1, 0.15) is 44.1 Å². The number of carbonyl (C=O) groups is 1. The Bertz CT molecular complexity index is 492. The predicted octanol–water partition coefficient (Wildman–Crippen LogP) is 4.36. The summed E-state index contributed by atoms with van der Waals surface area (Å²) < 4.78 is 26.3. The van der Waals surface area contributed by atoms with Crippen LogP contribution in [-0.4, -0.2) is 5.78 Å². The molecule has 19 heavy (non-hydrogen) atoms. The molecule has 1 aromatic carbocycles. The van der Waals surface area contributed by atoms with E-state index in [0.29, 0.717) is 0 Å². The highest BCUT2D eigenvalue weighted by atomic mass is 19.1. The Hall–Kier alpha value is -1.51. The lowest BCUT2D eigenvalue weighted by molar-refractivity contribution is -0.115. The van der Waals surface area contributed by atoms with Crippen molar-refractivity contribution in [3.05, 3.63) is 47.0 Å².